The van der Waals surface area contributed by atoms with Crippen LogP contribution in [-0.4, -0.2) is 44.8 Å². The largest absolute Gasteiger partial charge is 0.350 e. The fraction of sp³-hybridized carbons (Fsp3) is 0.350. The summed E-state index contributed by atoms with van der Waals surface area (Å²) in [6, 6.07) is 8.93. The Hall–Kier alpha value is -2.97. The van der Waals surface area contributed by atoms with Crippen molar-refractivity contribution in [3.8, 4) is 0 Å². The van der Waals surface area contributed by atoms with Crippen molar-refractivity contribution < 1.29 is 10.0 Å². The van der Waals surface area contributed by atoms with E-state index in [-0.39, 0.29) is 5.56 Å². The number of para-hydroxylation sites is 1. The molecule has 3 heterocycles. The number of carbonyl (C=O) groups excluding carboxylic acids is 1. The number of aryl methyl sites for hydroxylation is 1. The lowest BCUT2D eigenvalue weighted by molar-refractivity contribution is 0.0705. The third-order valence-electron chi connectivity index (χ3n) is 5.34. The average molecular weight is 380 g/mol. The van der Waals surface area contributed by atoms with Crippen LogP contribution in [0.1, 0.15) is 28.8 Å². The van der Waals surface area contributed by atoms with Gasteiger partial charge in [0.05, 0.1) is 5.56 Å². The molecule has 8 nitrogen and oxygen atoms in total. The minimum absolute atomic E-state index is 0.234. The van der Waals surface area contributed by atoms with E-state index in [9.17, 15) is 4.79 Å². The second-order valence-electron chi connectivity index (χ2n) is 7.14. The summed E-state index contributed by atoms with van der Waals surface area (Å²) in [5.74, 6) is 0.00453. The Balaban J connectivity index is 1.32. The molecule has 0 spiro atoms. The normalized spacial score (nSPS) is 15.1. The Bertz CT molecular complexity index is 960. The lowest BCUT2D eigenvalue weighted by Gasteiger charge is -2.32. The van der Waals surface area contributed by atoms with Gasteiger partial charge in [0.15, 0.2) is 0 Å². The molecule has 1 amide bonds. The molecule has 2 aromatic heterocycles. The molecule has 28 heavy (non-hydrogen) atoms. The Morgan fingerprint density at radius 3 is 2.64 bits per heavy atom. The van der Waals surface area contributed by atoms with Crippen molar-refractivity contribution in [1.29, 1.82) is 0 Å². The number of nitrogens with one attached hydrogen (secondary N) is 2. The fourth-order valence-corrected chi connectivity index (χ4v) is 3.77. The molecule has 146 valence electrons. The van der Waals surface area contributed by atoms with E-state index in [0.29, 0.717) is 12.0 Å². The summed E-state index contributed by atoms with van der Waals surface area (Å²) >= 11 is 0. The molecule has 0 aliphatic carbocycles. The topological polar surface area (TPSA) is 95.3 Å². The number of hydrogen-bond acceptors (Lipinski definition) is 6. The van der Waals surface area contributed by atoms with Gasteiger partial charge in [0.25, 0.3) is 5.91 Å². The molecule has 0 radical (unpaired) electrons. The van der Waals surface area contributed by atoms with Gasteiger partial charge < -0.3 is 14.8 Å². The number of hydrogen-bond donors (Lipinski definition) is 3. The number of fused-ring (bicyclic) bond motifs is 1. The molecule has 1 saturated heterocycles. The molecule has 0 atom stereocenters. The summed E-state index contributed by atoms with van der Waals surface area (Å²) in [5, 5.41) is 13.6. The van der Waals surface area contributed by atoms with Crippen LogP contribution in [0.2, 0.25) is 0 Å². The maximum Gasteiger partial charge on any atom is 0.277 e. The number of piperidine rings is 1. The lowest BCUT2D eigenvalue weighted by atomic mass is 10.0. The highest BCUT2D eigenvalue weighted by atomic mass is 16.5. The zero-order valence-electron chi connectivity index (χ0n) is 15.8. The number of amides is 1. The van der Waals surface area contributed by atoms with Gasteiger partial charge in [0, 0.05) is 62.2 Å². The van der Waals surface area contributed by atoms with Gasteiger partial charge in [-0.05, 0) is 24.5 Å². The van der Waals surface area contributed by atoms with E-state index >= 15 is 0 Å². The minimum atomic E-state index is -0.608. The molecule has 0 saturated carbocycles. The number of rotatable bonds is 5. The molecule has 3 N–H and O–H groups in total. The number of nitrogens with zero attached hydrogens (tertiary/aromatic N) is 4. The zero-order chi connectivity index (χ0) is 19.5. The van der Waals surface area contributed by atoms with Crippen molar-refractivity contribution >= 4 is 22.8 Å². The smallest absolute Gasteiger partial charge is 0.277 e. The SMILES string of the molecule is Cn1cc(CNC2CCN(c3ncc(C(=O)NO)cn3)CC2)c2ccccc21. The zero-order valence-corrected chi connectivity index (χ0v) is 15.8. The molecule has 1 aromatic carbocycles. The highest BCUT2D eigenvalue weighted by Crippen LogP contribution is 2.21. The fourth-order valence-electron chi connectivity index (χ4n) is 3.77. The molecular formula is C20H24N6O2. The standard InChI is InChI=1S/C20H24N6O2/c1-25-13-15(17-4-2-3-5-18(17)25)12-21-16-6-8-26(9-7-16)20-22-10-14(11-23-20)19(27)24-28/h2-5,10-11,13,16,21,28H,6-9,12H2,1H3,(H,24,27). The van der Waals surface area contributed by atoms with E-state index in [0.717, 1.165) is 32.5 Å². The molecule has 1 aliphatic heterocycles. The lowest BCUT2D eigenvalue weighted by Crippen LogP contribution is -2.42. The molecule has 1 fully saturated rings. The summed E-state index contributed by atoms with van der Waals surface area (Å²) in [6.07, 6.45) is 7.07. The molecule has 1 aliphatic rings. The van der Waals surface area contributed by atoms with Gasteiger partial charge in [-0.3, -0.25) is 10.0 Å². The van der Waals surface area contributed by atoms with Gasteiger partial charge in [-0.15, -0.1) is 0 Å². The van der Waals surface area contributed by atoms with E-state index < -0.39 is 5.91 Å². The molecular weight excluding hydrogens is 356 g/mol. The van der Waals surface area contributed by atoms with Crippen molar-refractivity contribution in [3.05, 3.63) is 54.0 Å². The summed E-state index contributed by atoms with van der Waals surface area (Å²) < 4.78 is 2.17. The minimum Gasteiger partial charge on any atom is -0.350 e. The third-order valence-corrected chi connectivity index (χ3v) is 5.34. The molecule has 8 heteroatoms. The van der Waals surface area contributed by atoms with Crippen molar-refractivity contribution in [2.45, 2.75) is 25.4 Å². The van der Waals surface area contributed by atoms with E-state index in [2.05, 4.69) is 62.3 Å². The Morgan fingerprint density at radius 1 is 1.21 bits per heavy atom. The highest BCUT2D eigenvalue weighted by molar-refractivity contribution is 5.92. The third kappa shape index (κ3) is 3.69. The predicted molar refractivity (Wildman–Crippen MR) is 106 cm³/mol. The van der Waals surface area contributed by atoms with Crippen LogP contribution in [0.5, 0.6) is 0 Å². The maximum absolute atomic E-state index is 11.4. The first-order valence-electron chi connectivity index (χ1n) is 9.43. The average Bonchev–Trinajstić information content (AvgIpc) is 3.08. The summed E-state index contributed by atoms with van der Waals surface area (Å²) in [7, 11) is 2.08. The highest BCUT2D eigenvalue weighted by Gasteiger charge is 2.21. The van der Waals surface area contributed by atoms with Crippen LogP contribution in [0, 0.1) is 0 Å². The van der Waals surface area contributed by atoms with E-state index in [1.807, 2.05) is 0 Å². The van der Waals surface area contributed by atoms with Crippen molar-refractivity contribution in [2.75, 3.05) is 18.0 Å². The number of hydroxylamine groups is 1. The van der Waals surface area contributed by atoms with E-state index in [1.165, 1.54) is 28.9 Å². The van der Waals surface area contributed by atoms with Gasteiger partial charge >= 0.3 is 0 Å². The van der Waals surface area contributed by atoms with E-state index in [1.54, 1.807) is 5.48 Å². The molecule has 0 bridgehead atoms. The van der Waals surface area contributed by atoms with Gasteiger partial charge in [-0.25, -0.2) is 15.4 Å². The number of benzene rings is 1. The second kappa shape index (κ2) is 7.95. The molecule has 3 aromatic rings. The number of carbonyl (C=O) groups is 1. The first kappa shape index (κ1) is 18.4. The van der Waals surface area contributed by atoms with Crippen LogP contribution in [0.15, 0.2) is 42.9 Å². The van der Waals surface area contributed by atoms with Crippen LogP contribution in [-0.2, 0) is 13.6 Å². The Kier molecular flexibility index (Phi) is 5.23. The Labute approximate surface area is 163 Å². The second-order valence-corrected chi connectivity index (χ2v) is 7.14. The van der Waals surface area contributed by atoms with Gasteiger partial charge in [0.1, 0.15) is 0 Å². The number of anilines is 1. The predicted octanol–water partition coefficient (Wildman–Crippen LogP) is 1.85. The van der Waals surface area contributed by atoms with Gasteiger partial charge in [0.2, 0.25) is 5.95 Å². The van der Waals surface area contributed by atoms with Crippen LogP contribution < -0.4 is 15.7 Å². The van der Waals surface area contributed by atoms with Crippen molar-refractivity contribution in [1.82, 2.24) is 25.3 Å². The maximum atomic E-state index is 11.4. The van der Waals surface area contributed by atoms with Crippen LogP contribution >= 0.6 is 0 Å². The quantitative estimate of drug-likeness (QED) is 0.462. The first-order valence-corrected chi connectivity index (χ1v) is 9.43. The van der Waals surface area contributed by atoms with Crippen LogP contribution in [0.4, 0.5) is 5.95 Å². The summed E-state index contributed by atoms with van der Waals surface area (Å²) in [5.41, 5.74) is 4.39. The first-order chi connectivity index (χ1) is 13.7. The summed E-state index contributed by atoms with van der Waals surface area (Å²) in [6.45, 7) is 2.57. The van der Waals surface area contributed by atoms with Gasteiger partial charge in [-0.2, -0.15) is 0 Å². The van der Waals surface area contributed by atoms with Crippen molar-refractivity contribution in [3.63, 3.8) is 0 Å². The Morgan fingerprint density at radius 2 is 1.93 bits per heavy atom. The molecule has 0 unspecified atom stereocenters. The number of aromatic nitrogens is 3. The monoisotopic (exact) mass is 380 g/mol. The van der Waals surface area contributed by atoms with Gasteiger partial charge in [-0.1, -0.05) is 18.2 Å². The molecule has 4 rings (SSSR count). The summed E-state index contributed by atoms with van der Waals surface area (Å²) in [4.78, 5) is 22.0. The van der Waals surface area contributed by atoms with Crippen molar-refractivity contribution in [2.24, 2.45) is 7.05 Å². The van der Waals surface area contributed by atoms with Crippen LogP contribution in [0.25, 0.3) is 10.9 Å². The van der Waals surface area contributed by atoms with Crippen LogP contribution in [0.3, 0.4) is 0 Å². The van der Waals surface area contributed by atoms with E-state index in [4.69, 9.17) is 5.21 Å².